The van der Waals surface area contributed by atoms with Crippen molar-refractivity contribution in [2.24, 2.45) is 5.92 Å². The molecule has 1 atom stereocenters. The van der Waals surface area contributed by atoms with E-state index in [2.05, 4.69) is 15.9 Å². The van der Waals surface area contributed by atoms with Gasteiger partial charge >= 0.3 is 0 Å². The first-order valence-corrected chi connectivity index (χ1v) is 9.70. The number of hydrogen-bond donors (Lipinski definition) is 0. The van der Waals surface area contributed by atoms with Crippen LogP contribution in [-0.2, 0) is 10.0 Å². The zero-order valence-electron chi connectivity index (χ0n) is 11.8. The van der Waals surface area contributed by atoms with Crippen LogP contribution in [0.3, 0.4) is 0 Å². The molecule has 1 aromatic rings. The van der Waals surface area contributed by atoms with Crippen molar-refractivity contribution >= 4 is 26.0 Å². The quantitative estimate of drug-likeness (QED) is 0.802. The second-order valence-corrected chi connectivity index (χ2v) is 8.72. The first-order valence-electron chi connectivity index (χ1n) is 7.47. The molecular weight excluding hydrogens is 357 g/mol. The van der Waals surface area contributed by atoms with Crippen molar-refractivity contribution in [3.63, 3.8) is 0 Å². The Bertz CT molecular complexity index is 629. The van der Waals surface area contributed by atoms with Gasteiger partial charge in [0, 0.05) is 17.1 Å². The Morgan fingerprint density at radius 1 is 1.14 bits per heavy atom. The van der Waals surface area contributed by atoms with Gasteiger partial charge in [0.15, 0.2) is 0 Å². The van der Waals surface area contributed by atoms with Gasteiger partial charge in [0.2, 0.25) is 10.0 Å². The topological polar surface area (TPSA) is 37.4 Å². The van der Waals surface area contributed by atoms with E-state index < -0.39 is 15.8 Å². The molecule has 1 heterocycles. The second-order valence-electron chi connectivity index (χ2n) is 5.94. The maximum absolute atomic E-state index is 14.1. The zero-order valence-corrected chi connectivity index (χ0v) is 14.2. The zero-order chi connectivity index (χ0) is 15.0. The fourth-order valence-corrected chi connectivity index (χ4v) is 5.82. The predicted octanol–water partition coefficient (Wildman–Crippen LogP) is 3.93. The number of nitrogens with zero attached hydrogens (tertiary/aromatic N) is 1. The predicted molar refractivity (Wildman–Crippen MR) is 83.0 cm³/mol. The van der Waals surface area contributed by atoms with E-state index in [0.717, 1.165) is 25.7 Å². The largest absolute Gasteiger partial charge is 0.246 e. The van der Waals surface area contributed by atoms with Crippen LogP contribution >= 0.6 is 15.9 Å². The summed E-state index contributed by atoms with van der Waals surface area (Å²) < 4.78 is 41.8. The summed E-state index contributed by atoms with van der Waals surface area (Å²) >= 11 is 3.16. The molecule has 1 unspecified atom stereocenters. The summed E-state index contributed by atoms with van der Waals surface area (Å²) in [5.74, 6) is -0.234. The highest BCUT2D eigenvalue weighted by atomic mass is 79.9. The fraction of sp³-hybridized carbons (Fsp3) is 0.600. The maximum Gasteiger partial charge on any atom is 0.246 e. The summed E-state index contributed by atoms with van der Waals surface area (Å²) in [6.07, 6.45) is 6.34. The third-order valence-electron chi connectivity index (χ3n) is 4.67. The third kappa shape index (κ3) is 2.90. The van der Waals surface area contributed by atoms with Crippen LogP contribution in [0, 0.1) is 11.7 Å². The normalized spacial score (nSPS) is 24.8. The smallest absolute Gasteiger partial charge is 0.207 e. The van der Waals surface area contributed by atoms with Crippen LogP contribution in [0.1, 0.15) is 38.5 Å². The van der Waals surface area contributed by atoms with Crippen LogP contribution < -0.4 is 0 Å². The number of halogens is 2. The number of sulfonamides is 1. The van der Waals surface area contributed by atoms with Gasteiger partial charge in [0.1, 0.15) is 10.7 Å². The van der Waals surface area contributed by atoms with E-state index in [1.54, 1.807) is 10.4 Å². The maximum atomic E-state index is 14.1. The van der Waals surface area contributed by atoms with Crippen molar-refractivity contribution in [2.45, 2.75) is 49.5 Å². The summed E-state index contributed by atoms with van der Waals surface area (Å²) in [6.45, 7) is 0.513. The molecule has 0 amide bonds. The summed E-state index contributed by atoms with van der Waals surface area (Å²) in [6, 6.07) is 4.21. The lowest BCUT2D eigenvalue weighted by Gasteiger charge is -2.28. The standard InChI is InChI=1S/C15H19BrFNO2S/c16-12-7-8-15(13(17)10-12)21(19,20)18-9-3-6-14(18)11-4-1-2-5-11/h7-8,10-11,14H,1-6,9H2. The molecule has 3 rings (SSSR count). The van der Waals surface area contributed by atoms with Crippen molar-refractivity contribution in [2.75, 3.05) is 6.54 Å². The summed E-state index contributed by atoms with van der Waals surface area (Å²) in [4.78, 5) is -0.199. The van der Waals surface area contributed by atoms with E-state index >= 15 is 0 Å². The molecule has 0 spiro atoms. The average Bonchev–Trinajstić information content (AvgIpc) is 3.09. The molecule has 1 saturated heterocycles. The lowest BCUT2D eigenvalue weighted by molar-refractivity contribution is 0.287. The molecule has 116 valence electrons. The van der Waals surface area contributed by atoms with Gasteiger partial charge in [-0.05, 0) is 49.8 Å². The summed E-state index contributed by atoms with van der Waals surface area (Å²) in [5.41, 5.74) is 0. The molecule has 1 aliphatic carbocycles. The molecule has 2 fully saturated rings. The first kappa shape index (κ1) is 15.4. The minimum atomic E-state index is -3.74. The van der Waals surface area contributed by atoms with E-state index in [0.29, 0.717) is 16.9 Å². The minimum Gasteiger partial charge on any atom is -0.207 e. The summed E-state index contributed by atoms with van der Waals surface area (Å²) in [7, 11) is -3.74. The highest BCUT2D eigenvalue weighted by molar-refractivity contribution is 9.10. The lowest BCUT2D eigenvalue weighted by atomic mass is 9.97. The van der Waals surface area contributed by atoms with Gasteiger partial charge in [-0.2, -0.15) is 4.31 Å². The summed E-state index contributed by atoms with van der Waals surface area (Å²) in [5, 5.41) is 0. The average molecular weight is 376 g/mol. The molecule has 0 N–H and O–H groups in total. The van der Waals surface area contributed by atoms with Crippen molar-refractivity contribution in [1.29, 1.82) is 0 Å². The van der Waals surface area contributed by atoms with Crippen LogP contribution in [0.5, 0.6) is 0 Å². The molecule has 1 saturated carbocycles. The Morgan fingerprint density at radius 2 is 1.86 bits per heavy atom. The first-order chi connectivity index (χ1) is 10.00. The second kappa shape index (κ2) is 5.97. The Balaban J connectivity index is 1.93. The number of benzene rings is 1. The van der Waals surface area contributed by atoms with E-state index in [1.807, 2.05) is 0 Å². The molecule has 0 aromatic heterocycles. The van der Waals surface area contributed by atoms with Gasteiger partial charge in [0.25, 0.3) is 0 Å². The van der Waals surface area contributed by atoms with E-state index in [4.69, 9.17) is 0 Å². The molecule has 21 heavy (non-hydrogen) atoms. The molecular formula is C15H19BrFNO2S. The van der Waals surface area contributed by atoms with Crippen molar-refractivity contribution in [3.8, 4) is 0 Å². The molecule has 6 heteroatoms. The van der Waals surface area contributed by atoms with E-state index in [1.165, 1.54) is 25.0 Å². The molecule has 3 nitrogen and oxygen atoms in total. The van der Waals surface area contributed by atoms with Gasteiger partial charge in [-0.3, -0.25) is 0 Å². The lowest BCUT2D eigenvalue weighted by Crippen LogP contribution is -2.39. The van der Waals surface area contributed by atoms with Gasteiger partial charge < -0.3 is 0 Å². The van der Waals surface area contributed by atoms with Crippen molar-refractivity contribution < 1.29 is 12.8 Å². The molecule has 1 aromatic carbocycles. The Labute approximate surface area is 133 Å². The van der Waals surface area contributed by atoms with Crippen LogP contribution in [0.2, 0.25) is 0 Å². The van der Waals surface area contributed by atoms with Crippen LogP contribution in [0.4, 0.5) is 4.39 Å². The van der Waals surface area contributed by atoms with Crippen molar-refractivity contribution in [1.82, 2.24) is 4.31 Å². The Kier molecular flexibility index (Phi) is 4.39. The highest BCUT2D eigenvalue weighted by Gasteiger charge is 2.41. The fourth-order valence-electron chi connectivity index (χ4n) is 3.69. The van der Waals surface area contributed by atoms with Crippen molar-refractivity contribution in [3.05, 3.63) is 28.5 Å². The van der Waals surface area contributed by atoms with Gasteiger partial charge in [0.05, 0.1) is 0 Å². The molecule has 0 radical (unpaired) electrons. The van der Waals surface area contributed by atoms with Gasteiger partial charge in [-0.15, -0.1) is 0 Å². The number of rotatable bonds is 3. The van der Waals surface area contributed by atoms with Crippen LogP contribution in [0.25, 0.3) is 0 Å². The minimum absolute atomic E-state index is 0.0561. The SMILES string of the molecule is O=S(=O)(c1ccc(Br)cc1F)N1CCCC1C1CCCC1. The highest BCUT2D eigenvalue weighted by Crippen LogP contribution is 2.38. The van der Waals surface area contributed by atoms with E-state index in [-0.39, 0.29) is 10.9 Å². The van der Waals surface area contributed by atoms with Crippen LogP contribution in [-0.4, -0.2) is 25.3 Å². The monoisotopic (exact) mass is 375 g/mol. The number of hydrogen-bond acceptors (Lipinski definition) is 2. The third-order valence-corrected chi connectivity index (χ3v) is 7.12. The Morgan fingerprint density at radius 3 is 2.52 bits per heavy atom. The van der Waals surface area contributed by atoms with E-state index in [9.17, 15) is 12.8 Å². The van der Waals surface area contributed by atoms with Gasteiger partial charge in [-0.25, -0.2) is 12.8 Å². The molecule has 0 bridgehead atoms. The van der Waals surface area contributed by atoms with Gasteiger partial charge in [-0.1, -0.05) is 28.8 Å². The van der Waals surface area contributed by atoms with Crippen LogP contribution in [0.15, 0.2) is 27.6 Å². The Hall–Kier alpha value is -0.460. The molecule has 2 aliphatic rings. The molecule has 1 aliphatic heterocycles.